The summed E-state index contributed by atoms with van der Waals surface area (Å²) in [5, 5.41) is 13.9. The molecule has 0 saturated heterocycles. The van der Waals surface area contributed by atoms with Crippen molar-refractivity contribution >= 4 is 17.6 Å². The molecule has 0 radical (unpaired) electrons. The number of rotatable bonds is 4. The van der Waals surface area contributed by atoms with E-state index in [4.69, 9.17) is 8.22 Å². The van der Waals surface area contributed by atoms with Gasteiger partial charge in [-0.05, 0) is 19.4 Å². The van der Waals surface area contributed by atoms with Gasteiger partial charge in [-0.1, -0.05) is 12.1 Å². The normalized spacial score (nSPS) is 19.4. The van der Waals surface area contributed by atoms with E-state index in [1.54, 1.807) is 0 Å². The van der Waals surface area contributed by atoms with Crippen molar-refractivity contribution in [2.75, 3.05) is 14.1 Å². The highest BCUT2D eigenvalue weighted by molar-refractivity contribution is 5.99. The van der Waals surface area contributed by atoms with Crippen molar-refractivity contribution in [2.24, 2.45) is 0 Å². The fraction of sp³-hybridized carbons (Fsp3) is 0.294. The van der Waals surface area contributed by atoms with Crippen molar-refractivity contribution in [1.29, 1.82) is 0 Å². The Bertz CT molecular complexity index is 946. The van der Waals surface area contributed by atoms with Crippen LogP contribution in [0, 0.1) is 10.1 Å². The molecular formula is C17H18N2O6. The number of nitro benzene ring substituents is 1. The van der Waals surface area contributed by atoms with Gasteiger partial charge in [-0.2, -0.15) is 0 Å². The first-order valence-electron chi connectivity index (χ1n) is 10.0. The molecule has 0 fully saturated rings. The summed E-state index contributed by atoms with van der Waals surface area (Å²) in [5.74, 6) is -4.01. The van der Waals surface area contributed by atoms with E-state index >= 15 is 0 Å². The molecule has 0 atom stereocenters. The number of methoxy groups -OCH3 is 2. The average Bonchev–Trinajstić information content (AvgIpc) is 2.57. The van der Waals surface area contributed by atoms with Gasteiger partial charge in [-0.3, -0.25) is 10.1 Å². The monoisotopic (exact) mass is 352 g/mol. The zero-order chi connectivity index (χ0) is 23.7. The molecule has 0 aliphatic carbocycles. The molecule has 1 aromatic carbocycles. The highest BCUT2D eigenvalue weighted by atomic mass is 16.6. The van der Waals surface area contributed by atoms with Crippen molar-refractivity contribution in [3.05, 3.63) is 62.5 Å². The summed E-state index contributed by atoms with van der Waals surface area (Å²) in [7, 11) is -6.21. The van der Waals surface area contributed by atoms with E-state index < -0.39 is 36.9 Å². The van der Waals surface area contributed by atoms with Gasteiger partial charge in [0.1, 0.15) is 0 Å². The molecule has 132 valence electrons. The molecule has 1 aliphatic heterocycles. The Hall–Kier alpha value is -3.16. The molecule has 0 bridgehead atoms. The van der Waals surface area contributed by atoms with Gasteiger partial charge in [-0.15, -0.1) is 0 Å². The number of esters is 2. The molecule has 0 amide bonds. The van der Waals surface area contributed by atoms with Crippen LogP contribution in [0.4, 0.5) is 5.69 Å². The van der Waals surface area contributed by atoms with Gasteiger partial charge in [0.05, 0.1) is 44.3 Å². The number of benzene rings is 1. The number of carbonyl (C=O) groups excluding carboxylic acids is 2. The van der Waals surface area contributed by atoms with E-state index in [1.165, 1.54) is 32.0 Å². The van der Waals surface area contributed by atoms with Gasteiger partial charge in [0.15, 0.2) is 0 Å². The number of allylic oxidation sites excluding steroid dienone is 2. The molecule has 8 nitrogen and oxygen atoms in total. The van der Waals surface area contributed by atoms with E-state index in [0.717, 1.165) is 6.07 Å². The SMILES string of the molecule is [2H]C([2H])([2H])OC(=O)C1=C(C)NC(C)=C(C(=O)OC([2H])([2H])[2H])C1c1cccc([N+](=O)[O-])c1. The second-order valence-corrected chi connectivity index (χ2v) is 5.27. The van der Waals surface area contributed by atoms with Gasteiger partial charge in [0, 0.05) is 23.5 Å². The van der Waals surface area contributed by atoms with Crippen LogP contribution < -0.4 is 5.32 Å². The standard InChI is InChI=1S/C17H18N2O6/c1-9-13(16(20)24-3)15(14(10(2)18-9)17(21)25-4)11-6-5-7-12(8-11)19(22)23/h5-8,15,18H,1-4H3/i3D3,4D3. The van der Waals surface area contributed by atoms with Crippen LogP contribution in [0.25, 0.3) is 0 Å². The number of hydrogen-bond donors (Lipinski definition) is 1. The van der Waals surface area contributed by atoms with Crippen molar-refractivity contribution in [3.63, 3.8) is 0 Å². The maximum atomic E-state index is 12.7. The summed E-state index contributed by atoms with van der Waals surface area (Å²) in [5.41, 5.74) is -0.732. The third-order valence-corrected chi connectivity index (χ3v) is 3.80. The van der Waals surface area contributed by atoms with Crippen LogP contribution in [-0.2, 0) is 19.1 Å². The van der Waals surface area contributed by atoms with Gasteiger partial charge in [-0.25, -0.2) is 9.59 Å². The number of nitrogens with one attached hydrogen (secondary N) is 1. The summed E-state index contributed by atoms with van der Waals surface area (Å²) in [6.45, 7) is 2.83. The first kappa shape index (κ1) is 11.4. The zero-order valence-electron chi connectivity index (χ0n) is 19.3. The van der Waals surface area contributed by atoms with Crippen molar-refractivity contribution < 1.29 is 32.2 Å². The summed E-state index contributed by atoms with van der Waals surface area (Å²) in [6, 6.07) is 4.94. The van der Waals surface area contributed by atoms with Crippen LogP contribution in [-0.4, -0.2) is 30.9 Å². The molecule has 1 aliphatic rings. The summed E-state index contributed by atoms with van der Waals surface area (Å²) >= 11 is 0. The zero-order valence-corrected chi connectivity index (χ0v) is 13.3. The molecular weight excluding hydrogens is 328 g/mol. The number of non-ortho nitro benzene ring substituents is 1. The minimum atomic E-state index is -3.10. The van der Waals surface area contributed by atoms with E-state index in [0.29, 0.717) is 0 Å². The Morgan fingerprint density at radius 3 is 2.20 bits per heavy atom. The first-order chi connectivity index (χ1) is 14.1. The number of carbonyl (C=O) groups is 2. The van der Waals surface area contributed by atoms with Crippen LogP contribution in [0.1, 0.15) is 33.6 Å². The van der Waals surface area contributed by atoms with Crippen LogP contribution in [0.2, 0.25) is 0 Å². The number of nitrogens with zero attached hydrogens (tertiary/aromatic N) is 1. The van der Waals surface area contributed by atoms with E-state index in [2.05, 4.69) is 14.8 Å². The van der Waals surface area contributed by atoms with Crippen molar-refractivity contribution in [1.82, 2.24) is 5.32 Å². The third kappa shape index (κ3) is 3.37. The van der Waals surface area contributed by atoms with Crippen molar-refractivity contribution in [3.8, 4) is 0 Å². The largest absolute Gasteiger partial charge is 0.466 e. The minimum absolute atomic E-state index is 0.0596. The van der Waals surface area contributed by atoms with Gasteiger partial charge in [0.25, 0.3) is 5.69 Å². The molecule has 0 spiro atoms. The van der Waals surface area contributed by atoms with Crippen molar-refractivity contribution in [2.45, 2.75) is 19.8 Å². The fourth-order valence-corrected chi connectivity index (χ4v) is 2.80. The second-order valence-electron chi connectivity index (χ2n) is 5.27. The fourth-order valence-electron chi connectivity index (χ4n) is 2.80. The molecule has 0 aromatic heterocycles. The number of nitro groups is 1. The molecule has 25 heavy (non-hydrogen) atoms. The summed E-state index contributed by atoms with van der Waals surface area (Å²) < 4.78 is 52.0. The smallest absolute Gasteiger partial charge is 0.336 e. The predicted octanol–water partition coefficient (Wildman–Crippen LogP) is 2.18. The molecule has 0 saturated carbocycles. The second kappa shape index (κ2) is 7.16. The molecule has 1 N–H and O–H groups in total. The maximum Gasteiger partial charge on any atom is 0.336 e. The topological polar surface area (TPSA) is 108 Å². The third-order valence-electron chi connectivity index (χ3n) is 3.80. The summed E-state index contributed by atoms with van der Waals surface area (Å²) in [4.78, 5) is 35.9. The maximum absolute atomic E-state index is 12.7. The Morgan fingerprint density at radius 1 is 1.16 bits per heavy atom. The van der Waals surface area contributed by atoms with E-state index in [1.807, 2.05) is 0 Å². The lowest BCUT2D eigenvalue weighted by atomic mass is 9.80. The quantitative estimate of drug-likeness (QED) is 0.502. The Balaban J connectivity index is 2.71. The molecule has 0 unspecified atom stereocenters. The highest BCUT2D eigenvalue weighted by Crippen LogP contribution is 2.39. The number of dihydropyridines is 1. The van der Waals surface area contributed by atoms with Crippen LogP contribution >= 0.6 is 0 Å². The van der Waals surface area contributed by atoms with Crippen LogP contribution in [0.5, 0.6) is 0 Å². The summed E-state index contributed by atoms with van der Waals surface area (Å²) in [6.07, 6.45) is 0. The average molecular weight is 352 g/mol. The number of hydrogen-bond acceptors (Lipinski definition) is 7. The van der Waals surface area contributed by atoms with Gasteiger partial charge >= 0.3 is 11.9 Å². The molecule has 1 heterocycles. The van der Waals surface area contributed by atoms with E-state index in [-0.39, 0.29) is 33.8 Å². The Kier molecular flexibility index (Phi) is 3.27. The lowest BCUT2D eigenvalue weighted by Crippen LogP contribution is -2.32. The van der Waals surface area contributed by atoms with E-state index in [9.17, 15) is 19.7 Å². The number of ether oxygens (including phenoxy) is 2. The van der Waals surface area contributed by atoms with Crippen LogP contribution in [0.15, 0.2) is 46.8 Å². The Labute approximate surface area is 152 Å². The van der Waals surface area contributed by atoms with Gasteiger partial charge in [0.2, 0.25) is 0 Å². The minimum Gasteiger partial charge on any atom is -0.466 e. The van der Waals surface area contributed by atoms with Gasteiger partial charge < -0.3 is 14.8 Å². The Morgan fingerprint density at radius 2 is 1.72 bits per heavy atom. The molecule has 8 heteroatoms. The lowest BCUT2D eigenvalue weighted by molar-refractivity contribution is -0.384. The lowest BCUT2D eigenvalue weighted by Gasteiger charge is -2.29. The predicted molar refractivity (Wildman–Crippen MR) is 88.4 cm³/mol. The van der Waals surface area contributed by atoms with Crippen LogP contribution in [0.3, 0.4) is 0 Å². The first-order valence-corrected chi connectivity index (χ1v) is 7.00. The molecule has 1 aromatic rings. The molecule has 2 rings (SSSR count). The highest BCUT2D eigenvalue weighted by Gasteiger charge is 2.38.